The Balaban J connectivity index is 2.25. The lowest BCUT2D eigenvalue weighted by Crippen LogP contribution is -2.02. The maximum absolute atomic E-state index is 5.83. The second-order valence-electron chi connectivity index (χ2n) is 5.09. The fourth-order valence-electron chi connectivity index (χ4n) is 2.62. The van der Waals surface area contributed by atoms with Crippen LogP contribution in [0.4, 0.5) is 0 Å². The van der Waals surface area contributed by atoms with Crippen LogP contribution in [0.15, 0.2) is 42.6 Å². The number of H-pyrrole nitrogens is 1. The molecule has 0 spiro atoms. The van der Waals surface area contributed by atoms with E-state index in [2.05, 4.69) is 40.3 Å². The van der Waals surface area contributed by atoms with Gasteiger partial charge in [0.25, 0.3) is 0 Å². The van der Waals surface area contributed by atoms with Gasteiger partial charge in [-0.2, -0.15) is 5.10 Å². The molecule has 2 aromatic heterocycles. The Bertz CT molecular complexity index is 774. The lowest BCUT2D eigenvalue weighted by Gasteiger charge is -2.10. The van der Waals surface area contributed by atoms with Crippen molar-refractivity contribution in [3.63, 3.8) is 0 Å². The summed E-state index contributed by atoms with van der Waals surface area (Å²) in [6.07, 6.45) is 1.77. The summed E-state index contributed by atoms with van der Waals surface area (Å²) in [5.41, 5.74) is 13.1. The fourth-order valence-corrected chi connectivity index (χ4v) is 2.62. The molecule has 0 saturated carbocycles. The number of hydrogen-bond acceptors (Lipinski definition) is 3. The minimum atomic E-state index is 0.411. The molecule has 1 aromatic carbocycles. The summed E-state index contributed by atoms with van der Waals surface area (Å²) < 4.78 is 0. The van der Waals surface area contributed by atoms with Crippen LogP contribution >= 0.6 is 0 Å². The number of benzene rings is 1. The molecule has 3 rings (SSSR count). The first-order chi connectivity index (χ1) is 10.2. The predicted molar refractivity (Wildman–Crippen MR) is 84.6 cm³/mol. The predicted octanol–water partition coefficient (Wildman–Crippen LogP) is 3.21. The number of aryl methyl sites for hydroxylation is 2. The summed E-state index contributed by atoms with van der Waals surface area (Å²) in [6, 6.07) is 12.2. The third-order valence-electron chi connectivity index (χ3n) is 3.70. The Labute approximate surface area is 124 Å². The highest BCUT2D eigenvalue weighted by Gasteiger charge is 2.18. The Morgan fingerprint density at radius 1 is 1.05 bits per heavy atom. The summed E-state index contributed by atoms with van der Waals surface area (Å²) in [7, 11) is 0. The number of rotatable bonds is 3. The van der Waals surface area contributed by atoms with Crippen LogP contribution in [0, 0.1) is 13.8 Å². The summed E-state index contributed by atoms with van der Waals surface area (Å²) in [5, 5.41) is 7.60. The molecule has 3 N–H and O–H groups in total. The smallest absolute Gasteiger partial charge is 0.100 e. The van der Waals surface area contributed by atoms with Crippen molar-refractivity contribution in [2.75, 3.05) is 0 Å². The monoisotopic (exact) mass is 278 g/mol. The highest BCUT2D eigenvalue weighted by Crippen LogP contribution is 2.35. The van der Waals surface area contributed by atoms with Crippen LogP contribution in [0.2, 0.25) is 0 Å². The average molecular weight is 278 g/mol. The Kier molecular flexibility index (Phi) is 3.54. The normalized spacial score (nSPS) is 10.8. The van der Waals surface area contributed by atoms with Crippen molar-refractivity contribution in [3.05, 3.63) is 59.5 Å². The number of nitrogens with zero attached hydrogens (tertiary/aromatic N) is 2. The zero-order valence-corrected chi connectivity index (χ0v) is 12.2. The van der Waals surface area contributed by atoms with Crippen LogP contribution in [0.1, 0.15) is 17.0 Å². The molecule has 2 heterocycles. The van der Waals surface area contributed by atoms with Gasteiger partial charge in [0.05, 0.1) is 5.69 Å². The van der Waals surface area contributed by atoms with Crippen molar-refractivity contribution in [1.82, 2.24) is 15.2 Å². The van der Waals surface area contributed by atoms with Gasteiger partial charge in [-0.1, -0.05) is 30.3 Å². The van der Waals surface area contributed by atoms with E-state index >= 15 is 0 Å². The van der Waals surface area contributed by atoms with Crippen molar-refractivity contribution in [2.45, 2.75) is 20.4 Å². The van der Waals surface area contributed by atoms with Crippen LogP contribution in [0.25, 0.3) is 22.4 Å². The maximum Gasteiger partial charge on any atom is 0.100 e. The third kappa shape index (κ3) is 2.34. The highest BCUT2D eigenvalue weighted by atomic mass is 15.1. The summed E-state index contributed by atoms with van der Waals surface area (Å²) >= 11 is 0. The van der Waals surface area contributed by atoms with Gasteiger partial charge in [-0.25, -0.2) is 0 Å². The Hall–Kier alpha value is -2.46. The van der Waals surface area contributed by atoms with E-state index in [-0.39, 0.29) is 0 Å². The van der Waals surface area contributed by atoms with Crippen molar-refractivity contribution in [3.8, 4) is 22.4 Å². The summed E-state index contributed by atoms with van der Waals surface area (Å²) in [4.78, 5) is 4.38. The molecule has 0 saturated heterocycles. The van der Waals surface area contributed by atoms with E-state index in [4.69, 9.17) is 5.73 Å². The molecular formula is C17H18N4. The van der Waals surface area contributed by atoms with Gasteiger partial charge in [0.2, 0.25) is 0 Å². The van der Waals surface area contributed by atoms with E-state index in [1.54, 1.807) is 6.20 Å². The second kappa shape index (κ2) is 5.50. The van der Waals surface area contributed by atoms with Gasteiger partial charge in [-0.05, 0) is 25.5 Å². The first-order valence-electron chi connectivity index (χ1n) is 6.97. The molecular weight excluding hydrogens is 260 g/mol. The molecule has 4 heteroatoms. The Morgan fingerprint density at radius 3 is 2.57 bits per heavy atom. The molecule has 0 aliphatic rings. The molecule has 0 atom stereocenters. The van der Waals surface area contributed by atoms with E-state index in [9.17, 15) is 0 Å². The van der Waals surface area contributed by atoms with Gasteiger partial charge in [-0.15, -0.1) is 0 Å². The highest BCUT2D eigenvalue weighted by molar-refractivity contribution is 5.84. The number of pyridine rings is 1. The zero-order valence-electron chi connectivity index (χ0n) is 12.2. The summed E-state index contributed by atoms with van der Waals surface area (Å²) in [6.45, 7) is 4.53. The first-order valence-corrected chi connectivity index (χ1v) is 6.97. The molecule has 0 aliphatic carbocycles. The van der Waals surface area contributed by atoms with Crippen molar-refractivity contribution in [2.24, 2.45) is 5.73 Å². The largest absolute Gasteiger partial charge is 0.325 e. The molecule has 0 amide bonds. The quantitative estimate of drug-likeness (QED) is 0.773. The zero-order chi connectivity index (χ0) is 14.8. The molecule has 3 aromatic rings. The van der Waals surface area contributed by atoms with Crippen molar-refractivity contribution < 1.29 is 0 Å². The molecule has 0 radical (unpaired) electrons. The van der Waals surface area contributed by atoms with Crippen LogP contribution in [0.5, 0.6) is 0 Å². The lowest BCUT2D eigenvalue weighted by molar-refractivity contribution is 0.993. The van der Waals surface area contributed by atoms with Crippen LogP contribution in [-0.2, 0) is 6.54 Å². The molecule has 106 valence electrons. The van der Waals surface area contributed by atoms with Gasteiger partial charge in [-0.3, -0.25) is 10.1 Å². The van der Waals surface area contributed by atoms with Gasteiger partial charge >= 0.3 is 0 Å². The second-order valence-corrected chi connectivity index (χ2v) is 5.09. The van der Waals surface area contributed by atoms with Crippen molar-refractivity contribution in [1.29, 1.82) is 0 Å². The van der Waals surface area contributed by atoms with E-state index in [0.717, 1.165) is 33.8 Å². The van der Waals surface area contributed by atoms with Crippen LogP contribution in [-0.4, -0.2) is 15.2 Å². The van der Waals surface area contributed by atoms with Gasteiger partial charge in [0, 0.05) is 35.1 Å². The van der Waals surface area contributed by atoms with Gasteiger partial charge in [0.1, 0.15) is 5.69 Å². The number of nitrogens with two attached hydrogens (primary N) is 1. The molecule has 0 bridgehead atoms. The van der Waals surface area contributed by atoms with Crippen molar-refractivity contribution >= 4 is 0 Å². The SMILES string of the molecule is Cc1ccccc1-c1n[nH]c(C)c1-c1cccnc1CN. The number of aromatic amines is 1. The first kappa shape index (κ1) is 13.5. The number of aromatic nitrogens is 3. The lowest BCUT2D eigenvalue weighted by atomic mass is 9.96. The van der Waals surface area contributed by atoms with Crippen LogP contribution < -0.4 is 5.73 Å². The molecule has 4 nitrogen and oxygen atoms in total. The van der Waals surface area contributed by atoms with E-state index in [0.29, 0.717) is 6.54 Å². The average Bonchev–Trinajstić information content (AvgIpc) is 2.89. The third-order valence-corrected chi connectivity index (χ3v) is 3.70. The minimum absolute atomic E-state index is 0.411. The standard InChI is InChI=1S/C17H18N4/c1-11-6-3-4-7-13(11)17-16(12(2)20-21-17)14-8-5-9-19-15(14)10-18/h3-9H,10,18H2,1-2H3,(H,20,21). The topological polar surface area (TPSA) is 67.6 Å². The van der Waals surface area contributed by atoms with E-state index in [1.807, 2.05) is 25.1 Å². The van der Waals surface area contributed by atoms with Gasteiger partial charge < -0.3 is 5.73 Å². The van der Waals surface area contributed by atoms with Crippen LogP contribution in [0.3, 0.4) is 0 Å². The number of hydrogen-bond donors (Lipinski definition) is 2. The minimum Gasteiger partial charge on any atom is -0.325 e. The molecule has 0 unspecified atom stereocenters. The van der Waals surface area contributed by atoms with E-state index in [1.165, 1.54) is 5.56 Å². The Morgan fingerprint density at radius 2 is 1.81 bits per heavy atom. The number of nitrogens with one attached hydrogen (secondary N) is 1. The maximum atomic E-state index is 5.83. The molecule has 0 fully saturated rings. The fraction of sp³-hybridized carbons (Fsp3) is 0.176. The summed E-state index contributed by atoms with van der Waals surface area (Å²) in [5.74, 6) is 0. The van der Waals surface area contributed by atoms with Gasteiger partial charge in [0.15, 0.2) is 0 Å². The van der Waals surface area contributed by atoms with E-state index < -0.39 is 0 Å². The molecule has 0 aliphatic heterocycles. The molecule has 21 heavy (non-hydrogen) atoms.